The number of hydrogen-bond donors (Lipinski definition) is 1. The summed E-state index contributed by atoms with van der Waals surface area (Å²) in [6.07, 6.45) is 0. The molecule has 0 radical (unpaired) electrons. The fraction of sp³-hybridized carbons (Fsp3) is 0.167. The zero-order valence-electron chi connectivity index (χ0n) is 9.31. The smallest absolute Gasteiger partial charge is 0.132 e. The third kappa shape index (κ3) is 2.74. The lowest BCUT2D eigenvalue weighted by atomic mass is 10.0. The standard InChI is InChI=1S/C12H9BrClF2NS/c1-17-12(9-2-3-10(14)18-9)11-7(15)4-6(13)5-8(11)16/h2-5,12,17H,1H3. The van der Waals surface area contributed by atoms with Crippen LogP contribution in [0.25, 0.3) is 0 Å². The maximum atomic E-state index is 13.9. The Morgan fingerprint density at radius 2 is 1.89 bits per heavy atom. The first-order valence-corrected chi connectivity index (χ1v) is 7.08. The molecule has 2 aromatic rings. The third-order valence-corrected chi connectivity index (χ3v) is 4.25. The highest BCUT2D eigenvalue weighted by atomic mass is 79.9. The molecule has 1 nitrogen and oxygen atoms in total. The van der Waals surface area contributed by atoms with E-state index in [0.29, 0.717) is 8.81 Å². The van der Waals surface area contributed by atoms with E-state index >= 15 is 0 Å². The Kier molecular flexibility index (Phi) is 4.37. The van der Waals surface area contributed by atoms with E-state index in [1.807, 2.05) is 0 Å². The van der Waals surface area contributed by atoms with E-state index in [4.69, 9.17) is 11.6 Å². The molecule has 0 spiro atoms. The van der Waals surface area contributed by atoms with E-state index in [1.54, 1.807) is 19.2 Å². The van der Waals surface area contributed by atoms with Gasteiger partial charge < -0.3 is 5.32 Å². The van der Waals surface area contributed by atoms with Gasteiger partial charge in [-0.15, -0.1) is 11.3 Å². The molecular weight excluding hydrogens is 344 g/mol. The van der Waals surface area contributed by atoms with Gasteiger partial charge in [0.25, 0.3) is 0 Å². The lowest BCUT2D eigenvalue weighted by molar-refractivity contribution is 0.523. The molecule has 0 saturated carbocycles. The van der Waals surface area contributed by atoms with E-state index in [2.05, 4.69) is 21.2 Å². The zero-order chi connectivity index (χ0) is 13.3. The molecule has 0 aliphatic rings. The van der Waals surface area contributed by atoms with Crippen molar-refractivity contribution in [2.75, 3.05) is 7.05 Å². The normalized spacial score (nSPS) is 12.7. The van der Waals surface area contributed by atoms with Crippen LogP contribution >= 0.6 is 38.9 Å². The van der Waals surface area contributed by atoms with Crippen LogP contribution in [-0.4, -0.2) is 7.05 Å². The summed E-state index contributed by atoms with van der Waals surface area (Å²) < 4.78 is 28.8. The Labute approximate surface area is 121 Å². The van der Waals surface area contributed by atoms with Crippen molar-refractivity contribution in [2.24, 2.45) is 0 Å². The highest BCUT2D eigenvalue weighted by molar-refractivity contribution is 9.10. The first-order valence-electron chi connectivity index (χ1n) is 5.10. The summed E-state index contributed by atoms with van der Waals surface area (Å²) in [4.78, 5) is 0.766. The highest BCUT2D eigenvalue weighted by Crippen LogP contribution is 2.34. The highest BCUT2D eigenvalue weighted by Gasteiger charge is 2.22. The van der Waals surface area contributed by atoms with Crippen molar-refractivity contribution in [3.8, 4) is 0 Å². The minimum atomic E-state index is -0.592. The van der Waals surface area contributed by atoms with Gasteiger partial charge in [-0.25, -0.2) is 8.78 Å². The first kappa shape index (κ1) is 13.9. The molecule has 1 N–H and O–H groups in total. The second-order valence-electron chi connectivity index (χ2n) is 3.65. The van der Waals surface area contributed by atoms with Gasteiger partial charge in [0, 0.05) is 14.9 Å². The Morgan fingerprint density at radius 3 is 2.33 bits per heavy atom. The van der Waals surface area contributed by atoms with Gasteiger partial charge >= 0.3 is 0 Å². The Morgan fingerprint density at radius 1 is 1.28 bits per heavy atom. The SMILES string of the molecule is CNC(c1ccc(Cl)s1)c1c(F)cc(Br)cc1F. The third-order valence-electron chi connectivity index (χ3n) is 2.50. The lowest BCUT2D eigenvalue weighted by Gasteiger charge is -2.17. The lowest BCUT2D eigenvalue weighted by Crippen LogP contribution is -2.19. The summed E-state index contributed by atoms with van der Waals surface area (Å²) in [5.41, 5.74) is -0.000725. The van der Waals surface area contributed by atoms with E-state index in [0.717, 1.165) is 4.88 Å². The van der Waals surface area contributed by atoms with Crippen LogP contribution < -0.4 is 5.32 Å². The second-order valence-corrected chi connectivity index (χ2v) is 6.31. The molecule has 0 aliphatic carbocycles. The molecule has 2 rings (SSSR count). The number of hydrogen-bond acceptors (Lipinski definition) is 2. The quantitative estimate of drug-likeness (QED) is 0.840. The number of halogens is 4. The summed E-state index contributed by atoms with van der Waals surface area (Å²) in [5.74, 6) is -1.18. The number of nitrogens with one attached hydrogen (secondary N) is 1. The van der Waals surface area contributed by atoms with E-state index in [1.165, 1.54) is 23.5 Å². The predicted molar refractivity (Wildman–Crippen MR) is 74.3 cm³/mol. The molecule has 1 aromatic carbocycles. The summed E-state index contributed by atoms with van der Waals surface area (Å²) in [5, 5.41) is 2.91. The molecule has 18 heavy (non-hydrogen) atoms. The number of thiophene rings is 1. The monoisotopic (exact) mass is 351 g/mol. The van der Waals surface area contributed by atoms with E-state index < -0.39 is 17.7 Å². The topological polar surface area (TPSA) is 12.0 Å². The van der Waals surface area contributed by atoms with Gasteiger partial charge in [0.15, 0.2) is 0 Å². The van der Waals surface area contributed by atoms with Crippen molar-refractivity contribution in [1.82, 2.24) is 5.32 Å². The van der Waals surface area contributed by atoms with Crippen LogP contribution in [0.4, 0.5) is 8.78 Å². The van der Waals surface area contributed by atoms with Gasteiger partial charge in [0.05, 0.1) is 10.4 Å². The minimum Gasteiger partial charge on any atom is -0.308 e. The molecule has 1 heterocycles. The molecule has 6 heteroatoms. The molecule has 0 bridgehead atoms. The number of rotatable bonds is 3. The van der Waals surface area contributed by atoms with Crippen LogP contribution in [0.15, 0.2) is 28.7 Å². The maximum absolute atomic E-state index is 13.9. The van der Waals surface area contributed by atoms with Gasteiger partial charge in [0.1, 0.15) is 11.6 Å². The number of benzene rings is 1. The fourth-order valence-electron chi connectivity index (χ4n) is 1.74. The van der Waals surface area contributed by atoms with Crippen LogP contribution in [0.1, 0.15) is 16.5 Å². The van der Waals surface area contributed by atoms with Crippen molar-refractivity contribution >= 4 is 38.9 Å². The van der Waals surface area contributed by atoms with Gasteiger partial charge in [0.2, 0.25) is 0 Å². The maximum Gasteiger partial charge on any atom is 0.132 e. The molecule has 96 valence electrons. The molecule has 1 unspecified atom stereocenters. The van der Waals surface area contributed by atoms with Crippen molar-refractivity contribution in [3.63, 3.8) is 0 Å². The molecule has 1 atom stereocenters. The minimum absolute atomic E-state index is 0.000725. The van der Waals surface area contributed by atoms with Crippen molar-refractivity contribution in [1.29, 1.82) is 0 Å². The van der Waals surface area contributed by atoms with Crippen LogP contribution in [0, 0.1) is 11.6 Å². The van der Waals surface area contributed by atoms with E-state index in [-0.39, 0.29) is 5.56 Å². The summed E-state index contributed by atoms with van der Waals surface area (Å²) in [6, 6.07) is 5.42. The molecular formula is C12H9BrClF2NS. The fourth-order valence-corrected chi connectivity index (χ4v) is 3.32. The Hall–Kier alpha value is -0.490. The van der Waals surface area contributed by atoms with Crippen molar-refractivity contribution in [3.05, 3.63) is 55.1 Å². The Bertz CT molecular complexity index is 550. The van der Waals surface area contributed by atoms with Gasteiger partial charge in [-0.2, -0.15) is 0 Å². The van der Waals surface area contributed by atoms with Crippen LogP contribution in [0.2, 0.25) is 4.34 Å². The summed E-state index contributed by atoms with van der Waals surface area (Å²) in [7, 11) is 1.65. The largest absolute Gasteiger partial charge is 0.308 e. The average molecular weight is 353 g/mol. The Balaban J connectivity index is 2.51. The molecule has 0 saturated heterocycles. The van der Waals surface area contributed by atoms with Crippen molar-refractivity contribution in [2.45, 2.75) is 6.04 Å². The molecule has 0 aliphatic heterocycles. The first-order chi connectivity index (χ1) is 8.52. The second kappa shape index (κ2) is 5.65. The molecule has 0 fully saturated rings. The van der Waals surface area contributed by atoms with Crippen LogP contribution in [0.3, 0.4) is 0 Å². The van der Waals surface area contributed by atoms with E-state index in [9.17, 15) is 8.78 Å². The molecule has 0 amide bonds. The molecule has 1 aromatic heterocycles. The summed E-state index contributed by atoms with van der Waals surface area (Å²) in [6.45, 7) is 0. The van der Waals surface area contributed by atoms with Crippen molar-refractivity contribution < 1.29 is 8.78 Å². The summed E-state index contributed by atoms with van der Waals surface area (Å²) >= 11 is 10.2. The van der Waals surface area contributed by atoms with Crippen LogP contribution in [-0.2, 0) is 0 Å². The van der Waals surface area contributed by atoms with Gasteiger partial charge in [-0.3, -0.25) is 0 Å². The predicted octanol–water partition coefficient (Wildman–Crippen LogP) is 4.75. The van der Waals surface area contributed by atoms with Gasteiger partial charge in [-0.05, 0) is 31.3 Å². The average Bonchev–Trinajstić information content (AvgIpc) is 2.69. The van der Waals surface area contributed by atoms with Crippen LogP contribution in [0.5, 0.6) is 0 Å². The zero-order valence-corrected chi connectivity index (χ0v) is 12.5. The van der Waals surface area contributed by atoms with Gasteiger partial charge in [-0.1, -0.05) is 27.5 Å².